The van der Waals surface area contributed by atoms with Crippen LogP contribution in [-0.2, 0) is 12.7 Å². The lowest BCUT2D eigenvalue weighted by Gasteiger charge is -2.12. The average Bonchev–Trinajstić information content (AvgIpc) is 3.11. The van der Waals surface area contributed by atoms with E-state index in [1.54, 1.807) is 54.2 Å². The normalized spacial score (nSPS) is 11.4. The Morgan fingerprint density at radius 2 is 1.91 bits per heavy atom. The first-order chi connectivity index (χ1) is 15.6. The van der Waals surface area contributed by atoms with Crippen LogP contribution in [-0.4, -0.2) is 20.7 Å². The zero-order chi connectivity index (χ0) is 23.8. The third-order valence-electron chi connectivity index (χ3n) is 4.93. The number of aryl methyl sites for hydroxylation is 1. The van der Waals surface area contributed by atoms with Crippen LogP contribution in [0.15, 0.2) is 59.2 Å². The molecule has 0 aliphatic carbocycles. The number of fused-ring (bicyclic) bond motifs is 1. The fraction of sp³-hybridized carbons (Fsp3) is 0.130. The summed E-state index contributed by atoms with van der Waals surface area (Å²) in [6, 6.07) is 14.3. The molecule has 0 atom stereocenters. The van der Waals surface area contributed by atoms with Crippen molar-refractivity contribution in [3.05, 3.63) is 87.3 Å². The summed E-state index contributed by atoms with van der Waals surface area (Å²) in [5, 5.41) is 16.2. The topological polar surface area (TPSA) is 83.6 Å². The van der Waals surface area contributed by atoms with Crippen LogP contribution >= 0.6 is 15.9 Å². The number of nitrogens with zero attached hydrogens (tertiary/aromatic N) is 4. The van der Waals surface area contributed by atoms with Crippen LogP contribution in [0.1, 0.15) is 32.9 Å². The van der Waals surface area contributed by atoms with E-state index >= 15 is 0 Å². The number of anilines is 1. The molecule has 0 spiro atoms. The largest absolute Gasteiger partial charge is 0.433 e. The molecule has 0 saturated carbocycles. The summed E-state index contributed by atoms with van der Waals surface area (Å²) in [4.78, 5) is 16.7. The summed E-state index contributed by atoms with van der Waals surface area (Å²) in [7, 11) is 0. The number of nitriles is 1. The van der Waals surface area contributed by atoms with Gasteiger partial charge in [-0.3, -0.25) is 9.48 Å². The predicted octanol–water partition coefficient (Wildman–Crippen LogP) is 5.69. The number of halogens is 4. The molecule has 166 valence electrons. The Balaban J connectivity index is 1.64. The second kappa shape index (κ2) is 8.67. The van der Waals surface area contributed by atoms with Crippen molar-refractivity contribution in [2.24, 2.45) is 0 Å². The Morgan fingerprint density at radius 3 is 2.58 bits per heavy atom. The smallest absolute Gasteiger partial charge is 0.319 e. The molecule has 0 unspecified atom stereocenters. The Labute approximate surface area is 194 Å². The fourth-order valence-corrected chi connectivity index (χ4v) is 3.68. The Kier molecular flexibility index (Phi) is 5.91. The Bertz CT molecular complexity index is 1400. The van der Waals surface area contributed by atoms with Crippen molar-refractivity contribution < 1.29 is 18.0 Å². The third kappa shape index (κ3) is 4.88. The minimum Gasteiger partial charge on any atom is -0.319 e. The maximum absolute atomic E-state index is 13.4. The number of hydrogen-bond acceptors (Lipinski definition) is 4. The number of hydrogen-bond donors (Lipinski definition) is 1. The summed E-state index contributed by atoms with van der Waals surface area (Å²) in [6.45, 7) is 2.08. The second-order valence-corrected chi connectivity index (χ2v) is 8.22. The van der Waals surface area contributed by atoms with Gasteiger partial charge in [-0.2, -0.15) is 23.5 Å². The molecule has 33 heavy (non-hydrogen) atoms. The molecular weight excluding hydrogens is 499 g/mol. The van der Waals surface area contributed by atoms with Crippen LogP contribution in [0.2, 0.25) is 0 Å². The molecule has 0 aliphatic heterocycles. The maximum atomic E-state index is 13.4. The van der Waals surface area contributed by atoms with Gasteiger partial charge in [0, 0.05) is 16.1 Å². The third-order valence-corrected chi connectivity index (χ3v) is 5.42. The van der Waals surface area contributed by atoms with Crippen LogP contribution in [0, 0.1) is 18.3 Å². The highest BCUT2D eigenvalue weighted by molar-refractivity contribution is 9.10. The summed E-state index contributed by atoms with van der Waals surface area (Å²) in [5.74, 6) is -0.702. The van der Waals surface area contributed by atoms with Gasteiger partial charge >= 0.3 is 6.18 Å². The number of benzene rings is 2. The van der Waals surface area contributed by atoms with Crippen molar-refractivity contribution in [3.8, 4) is 6.07 Å². The summed E-state index contributed by atoms with van der Waals surface area (Å²) < 4.78 is 42.3. The minimum absolute atomic E-state index is 0.0615. The van der Waals surface area contributed by atoms with Crippen LogP contribution in [0.4, 0.5) is 18.9 Å². The molecule has 10 heteroatoms. The first kappa shape index (κ1) is 22.5. The van der Waals surface area contributed by atoms with E-state index in [4.69, 9.17) is 5.26 Å². The van der Waals surface area contributed by atoms with E-state index in [2.05, 4.69) is 31.3 Å². The van der Waals surface area contributed by atoms with E-state index in [-0.39, 0.29) is 16.5 Å². The van der Waals surface area contributed by atoms with Crippen molar-refractivity contribution in [2.75, 3.05) is 5.32 Å². The van der Waals surface area contributed by atoms with Gasteiger partial charge in [-0.25, -0.2) is 4.98 Å². The summed E-state index contributed by atoms with van der Waals surface area (Å²) in [5.41, 5.74) is 1.09. The molecule has 1 N–H and O–H groups in total. The van der Waals surface area contributed by atoms with Crippen LogP contribution < -0.4 is 5.32 Å². The number of carbonyl (C=O) groups excluding carboxylic acids is 1. The van der Waals surface area contributed by atoms with Crippen LogP contribution in [0.3, 0.4) is 0 Å². The Morgan fingerprint density at radius 1 is 1.18 bits per heavy atom. The van der Waals surface area contributed by atoms with E-state index in [0.29, 0.717) is 28.0 Å². The van der Waals surface area contributed by atoms with Gasteiger partial charge in [0.2, 0.25) is 0 Å². The van der Waals surface area contributed by atoms with Gasteiger partial charge in [0.05, 0.1) is 40.6 Å². The van der Waals surface area contributed by atoms with Gasteiger partial charge in [-0.1, -0.05) is 28.1 Å². The van der Waals surface area contributed by atoms with Gasteiger partial charge in [-0.05, 0) is 48.9 Å². The lowest BCUT2D eigenvalue weighted by molar-refractivity contribution is -0.140. The number of pyridine rings is 1. The molecular formula is C23H15BrF3N5O. The number of amides is 1. The van der Waals surface area contributed by atoms with Gasteiger partial charge in [0.1, 0.15) is 5.69 Å². The van der Waals surface area contributed by atoms with Crippen LogP contribution in [0.5, 0.6) is 0 Å². The van der Waals surface area contributed by atoms with E-state index in [0.717, 1.165) is 11.6 Å². The fourth-order valence-electron chi connectivity index (χ4n) is 3.31. The molecule has 4 aromatic rings. The molecule has 6 nitrogen and oxygen atoms in total. The highest BCUT2D eigenvalue weighted by Crippen LogP contribution is 2.32. The number of aromatic nitrogens is 3. The number of alkyl halides is 3. The van der Waals surface area contributed by atoms with E-state index < -0.39 is 17.8 Å². The number of nitrogens with one attached hydrogen (secondary N) is 1. The highest BCUT2D eigenvalue weighted by Gasteiger charge is 2.34. The standard InChI is InChI=1S/C23H15BrF3N5O/c1-13-20(12-32(31-13)11-15-4-2-14(10-28)3-5-15)30-22(33)18-9-21(23(25,26)27)29-19-7-6-16(24)8-17(18)19/h2-9,12H,11H2,1H3,(H,30,33). The first-order valence-corrected chi connectivity index (χ1v) is 10.5. The quantitative estimate of drug-likeness (QED) is 0.379. The zero-order valence-corrected chi connectivity index (χ0v) is 18.7. The predicted molar refractivity (Wildman–Crippen MR) is 120 cm³/mol. The van der Waals surface area contributed by atoms with Gasteiger partial charge in [0.25, 0.3) is 5.91 Å². The number of rotatable bonds is 4. The molecule has 0 bridgehead atoms. The van der Waals surface area contributed by atoms with Crippen molar-refractivity contribution >= 4 is 38.4 Å². The lowest BCUT2D eigenvalue weighted by atomic mass is 10.1. The molecule has 0 saturated heterocycles. The summed E-state index contributed by atoms with van der Waals surface area (Å²) >= 11 is 3.28. The maximum Gasteiger partial charge on any atom is 0.433 e. The highest BCUT2D eigenvalue weighted by atomic mass is 79.9. The second-order valence-electron chi connectivity index (χ2n) is 7.30. The molecule has 1 amide bonds. The first-order valence-electron chi connectivity index (χ1n) is 9.66. The average molecular weight is 514 g/mol. The molecule has 0 radical (unpaired) electrons. The van der Waals surface area contributed by atoms with Gasteiger partial charge in [0.15, 0.2) is 0 Å². The summed E-state index contributed by atoms with van der Waals surface area (Å²) in [6.07, 6.45) is -3.09. The number of carbonyl (C=O) groups is 1. The lowest BCUT2D eigenvalue weighted by Crippen LogP contribution is -2.16. The zero-order valence-electron chi connectivity index (χ0n) is 17.1. The molecule has 0 fully saturated rings. The van der Waals surface area contributed by atoms with Crippen molar-refractivity contribution in [3.63, 3.8) is 0 Å². The van der Waals surface area contributed by atoms with E-state index in [1.807, 2.05) is 6.07 Å². The molecule has 4 rings (SSSR count). The minimum atomic E-state index is -4.70. The van der Waals surface area contributed by atoms with Crippen molar-refractivity contribution in [1.29, 1.82) is 5.26 Å². The van der Waals surface area contributed by atoms with Gasteiger partial charge < -0.3 is 5.32 Å². The SMILES string of the molecule is Cc1nn(Cc2ccc(C#N)cc2)cc1NC(=O)c1cc(C(F)(F)F)nc2ccc(Br)cc12. The Hall–Kier alpha value is -3.71. The monoisotopic (exact) mass is 513 g/mol. The van der Waals surface area contributed by atoms with E-state index in [1.165, 1.54) is 6.07 Å². The van der Waals surface area contributed by atoms with Gasteiger partial charge in [-0.15, -0.1) is 0 Å². The molecule has 2 heterocycles. The van der Waals surface area contributed by atoms with Crippen LogP contribution in [0.25, 0.3) is 10.9 Å². The van der Waals surface area contributed by atoms with E-state index in [9.17, 15) is 18.0 Å². The van der Waals surface area contributed by atoms with Crippen molar-refractivity contribution in [2.45, 2.75) is 19.6 Å². The molecule has 2 aromatic heterocycles. The van der Waals surface area contributed by atoms with Crippen molar-refractivity contribution in [1.82, 2.24) is 14.8 Å². The molecule has 0 aliphatic rings. The molecule has 2 aromatic carbocycles.